The van der Waals surface area contributed by atoms with E-state index in [0.717, 1.165) is 16.7 Å². The van der Waals surface area contributed by atoms with Crippen molar-refractivity contribution in [3.05, 3.63) is 28.8 Å². The zero-order chi connectivity index (χ0) is 13.2. The quantitative estimate of drug-likeness (QED) is 0.848. The van der Waals surface area contributed by atoms with Crippen LogP contribution < -0.4 is 0 Å². The number of aromatic hydroxyl groups is 1. The van der Waals surface area contributed by atoms with Gasteiger partial charge in [-0.3, -0.25) is 4.79 Å². The van der Waals surface area contributed by atoms with Crippen LogP contribution in [0.2, 0.25) is 0 Å². The molecule has 3 nitrogen and oxygen atoms in total. The molecule has 0 spiro atoms. The lowest BCUT2D eigenvalue weighted by Gasteiger charge is -2.22. The maximum Gasteiger partial charge on any atom is 0.303 e. The molecule has 0 aliphatic rings. The fraction of sp³-hybridized carbons (Fsp3) is 0.500. The van der Waals surface area contributed by atoms with Crippen molar-refractivity contribution >= 4 is 5.97 Å². The van der Waals surface area contributed by atoms with Gasteiger partial charge in [-0.15, -0.1) is 0 Å². The van der Waals surface area contributed by atoms with Gasteiger partial charge in [0.15, 0.2) is 0 Å². The van der Waals surface area contributed by atoms with E-state index in [9.17, 15) is 9.90 Å². The number of hydrogen-bond donors (Lipinski definition) is 2. The maximum absolute atomic E-state index is 10.6. The van der Waals surface area contributed by atoms with Gasteiger partial charge < -0.3 is 10.2 Å². The summed E-state index contributed by atoms with van der Waals surface area (Å²) in [4.78, 5) is 10.6. The van der Waals surface area contributed by atoms with Crippen molar-refractivity contribution in [2.24, 2.45) is 0 Å². The Kier molecular flexibility index (Phi) is 3.81. The predicted octanol–water partition coefficient (Wildman–Crippen LogP) is 3.02. The number of aliphatic carboxylic acids is 1. The Morgan fingerprint density at radius 3 is 2.35 bits per heavy atom. The molecule has 0 amide bonds. The molecule has 0 unspecified atom stereocenters. The van der Waals surface area contributed by atoms with Crippen LogP contribution in [0.5, 0.6) is 5.75 Å². The van der Waals surface area contributed by atoms with Crippen molar-refractivity contribution in [1.82, 2.24) is 0 Å². The summed E-state index contributed by atoms with van der Waals surface area (Å²) in [5.41, 5.74) is 2.50. The molecule has 0 heterocycles. The highest BCUT2D eigenvalue weighted by Gasteiger charge is 2.20. The Bertz CT molecular complexity index is 428. The topological polar surface area (TPSA) is 57.5 Å². The van der Waals surface area contributed by atoms with Crippen molar-refractivity contribution in [3.8, 4) is 5.75 Å². The minimum atomic E-state index is -0.844. The van der Waals surface area contributed by atoms with Gasteiger partial charge in [0.2, 0.25) is 0 Å². The molecule has 17 heavy (non-hydrogen) atoms. The van der Waals surface area contributed by atoms with Crippen LogP contribution in [0.3, 0.4) is 0 Å². The van der Waals surface area contributed by atoms with E-state index in [1.165, 1.54) is 0 Å². The third-order valence-electron chi connectivity index (χ3n) is 2.75. The SMILES string of the molecule is Cc1cc(CCC(=O)O)c(O)c(C(C)(C)C)c1. The van der Waals surface area contributed by atoms with E-state index in [-0.39, 0.29) is 17.6 Å². The smallest absolute Gasteiger partial charge is 0.303 e. The second-order valence-corrected chi connectivity index (χ2v) is 5.46. The highest BCUT2D eigenvalue weighted by molar-refractivity contribution is 5.67. The number of aryl methyl sites for hydroxylation is 2. The average molecular weight is 236 g/mol. The number of hydrogen-bond acceptors (Lipinski definition) is 2. The second kappa shape index (κ2) is 4.78. The first-order valence-corrected chi connectivity index (χ1v) is 5.76. The molecule has 1 aromatic rings. The first-order chi connectivity index (χ1) is 7.71. The van der Waals surface area contributed by atoms with Crippen molar-refractivity contribution in [2.75, 3.05) is 0 Å². The van der Waals surface area contributed by atoms with Crippen molar-refractivity contribution < 1.29 is 15.0 Å². The van der Waals surface area contributed by atoms with Gasteiger partial charge in [-0.25, -0.2) is 0 Å². The Morgan fingerprint density at radius 1 is 1.29 bits per heavy atom. The van der Waals surface area contributed by atoms with Crippen LogP contribution in [-0.4, -0.2) is 16.2 Å². The molecule has 0 saturated carbocycles. The number of phenols is 1. The van der Waals surface area contributed by atoms with Crippen LogP contribution in [-0.2, 0) is 16.6 Å². The monoisotopic (exact) mass is 236 g/mol. The molecule has 94 valence electrons. The lowest BCUT2D eigenvalue weighted by atomic mass is 9.83. The minimum Gasteiger partial charge on any atom is -0.507 e. The highest BCUT2D eigenvalue weighted by atomic mass is 16.4. The number of benzene rings is 1. The van der Waals surface area contributed by atoms with Crippen molar-refractivity contribution in [3.63, 3.8) is 0 Å². The van der Waals surface area contributed by atoms with Gasteiger partial charge in [0, 0.05) is 6.42 Å². The minimum absolute atomic E-state index is 0.0423. The van der Waals surface area contributed by atoms with Crippen LogP contribution in [0.1, 0.15) is 43.9 Å². The molecular weight excluding hydrogens is 216 g/mol. The van der Waals surface area contributed by atoms with E-state index in [0.29, 0.717) is 6.42 Å². The Labute approximate surface area is 102 Å². The zero-order valence-corrected chi connectivity index (χ0v) is 10.9. The lowest BCUT2D eigenvalue weighted by molar-refractivity contribution is -0.136. The van der Waals surface area contributed by atoms with Crippen LogP contribution >= 0.6 is 0 Å². The third kappa shape index (κ3) is 3.48. The first-order valence-electron chi connectivity index (χ1n) is 5.76. The molecule has 0 atom stereocenters. The summed E-state index contributed by atoms with van der Waals surface area (Å²) < 4.78 is 0. The van der Waals surface area contributed by atoms with Crippen molar-refractivity contribution in [2.45, 2.75) is 46.0 Å². The van der Waals surface area contributed by atoms with E-state index >= 15 is 0 Å². The molecule has 0 bridgehead atoms. The summed E-state index contributed by atoms with van der Waals surface area (Å²) in [6.45, 7) is 8.05. The molecule has 0 aliphatic heterocycles. The number of rotatable bonds is 3. The standard InChI is InChI=1S/C14H20O3/c1-9-7-10(5-6-12(15)16)13(17)11(8-9)14(2,3)4/h7-8,17H,5-6H2,1-4H3,(H,15,16). The van der Waals surface area contributed by atoms with E-state index in [1.807, 2.05) is 39.8 Å². The molecule has 0 saturated heterocycles. The molecule has 2 N–H and O–H groups in total. The molecule has 1 rings (SSSR count). The largest absolute Gasteiger partial charge is 0.507 e. The van der Waals surface area contributed by atoms with Crippen LogP contribution in [0.4, 0.5) is 0 Å². The summed E-state index contributed by atoms with van der Waals surface area (Å²) in [5, 5.41) is 18.9. The maximum atomic E-state index is 10.6. The number of carboxylic acid groups (broad SMARTS) is 1. The van der Waals surface area contributed by atoms with E-state index < -0.39 is 5.97 Å². The molecule has 0 aliphatic carbocycles. The van der Waals surface area contributed by atoms with Gasteiger partial charge in [0.25, 0.3) is 0 Å². The van der Waals surface area contributed by atoms with Crippen LogP contribution in [0.25, 0.3) is 0 Å². The summed E-state index contributed by atoms with van der Waals surface area (Å²) in [6, 6.07) is 3.81. The third-order valence-corrected chi connectivity index (χ3v) is 2.75. The Hall–Kier alpha value is -1.51. The van der Waals surface area contributed by atoms with Gasteiger partial charge in [0.05, 0.1) is 0 Å². The van der Waals surface area contributed by atoms with Gasteiger partial charge in [-0.1, -0.05) is 38.5 Å². The fourth-order valence-corrected chi connectivity index (χ4v) is 1.86. The van der Waals surface area contributed by atoms with Gasteiger partial charge >= 0.3 is 5.97 Å². The summed E-state index contributed by atoms with van der Waals surface area (Å²) >= 11 is 0. The van der Waals surface area contributed by atoms with Crippen molar-refractivity contribution in [1.29, 1.82) is 0 Å². The van der Waals surface area contributed by atoms with E-state index in [1.54, 1.807) is 0 Å². The van der Waals surface area contributed by atoms with Gasteiger partial charge in [-0.2, -0.15) is 0 Å². The molecule has 0 aromatic heterocycles. The molecule has 3 heteroatoms. The molecule has 0 fully saturated rings. The normalized spacial score (nSPS) is 11.5. The Morgan fingerprint density at radius 2 is 1.88 bits per heavy atom. The Balaban J connectivity index is 3.15. The average Bonchev–Trinajstić information content (AvgIpc) is 2.17. The number of carbonyl (C=O) groups is 1. The zero-order valence-electron chi connectivity index (χ0n) is 10.9. The van der Waals surface area contributed by atoms with Gasteiger partial charge in [0.1, 0.15) is 5.75 Å². The van der Waals surface area contributed by atoms with E-state index in [2.05, 4.69) is 0 Å². The summed E-state index contributed by atoms with van der Waals surface area (Å²) in [6.07, 6.45) is 0.409. The predicted molar refractivity (Wildman–Crippen MR) is 67.5 cm³/mol. The van der Waals surface area contributed by atoms with Gasteiger partial charge in [-0.05, 0) is 29.9 Å². The number of phenolic OH excluding ortho intramolecular Hbond substituents is 1. The molecular formula is C14H20O3. The lowest BCUT2D eigenvalue weighted by Crippen LogP contribution is -2.13. The van der Waals surface area contributed by atoms with E-state index in [4.69, 9.17) is 5.11 Å². The first kappa shape index (κ1) is 13.6. The number of carboxylic acids is 1. The fourth-order valence-electron chi connectivity index (χ4n) is 1.86. The summed E-state index contributed by atoms with van der Waals surface area (Å²) in [7, 11) is 0. The van der Waals surface area contributed by atoms with Crippen LogP contribution in [0, 0.1) is 6.92 Å². The highest BCUT2D eigenvalue weighted by Crippen LogP contribution is 2.34. The van der Waals surface area contributed by atoms with Crippen LogP contribution in [0.15, 0.2) is 12.1 Å². The molecule has 0 radical (unpaired) electrons. The second-order valence-electron chi connectivity index (χ2n) is 5.46. The summed E-state index contributed by atoms with van der Waals surface area (Å²) in [5.74, 6) is -0.604. The molecule has 1 aromatic carbocycles.